The molecule has 4 amide bonds. The molecule has 104 valence electrons. The predicted molar refractivity (Wildman–Crippen MR) is 71.9 cm³/mol. The smallest absolute Gasteiger partial charge is 0.351 e. The minimum Gasteiger partial charge on any atom is -0.351 e. The molecule has 7 heteroatoms. The molecule has 0 saturated carbocycles. The molecular weight excluding hydrogens is 344 g/mol. The molecule has 0 bridgehead atoms. The Kier molecular flexibility index (Phi) is 4.63. The third-order valence-corrected chi connectivity index (χ3v) is 4.05. The second-order valence-electron chi connectivity index (χ2n) is 5.24. The van der Waals surface area contributed by atoms with Crippen molar-refractivity contribution in [1.29, 1.82) is 0 Å². The Morgan fingerprint density at radius 3 is 2.57 bits per heavy atom. The standard InChI is InChI=1S/C14H14N3O3.Rb/c1-8(18)15-11-4-3-9-6-14(7-10(9)5-11)12(19)16-13(20)17(14)2;/h3-5H,1,6-7H2,2H3,(H,15,18)(H,16,19,20);/q-1;+1/t14-;/m0./s1. The average molecular weight is 358 g/mol. The van der Waals surface area contributed by atoms with Crippen molar-refractivity contribution in [2.24, 2.45) is 0 Å². The summed E-state index contributed by atoms with van der Waals surface area (Å²) in [6, 6.07) is 5.11. The molecule has 1 aromatic rings. The molecule has 0 radical (unpaired) electrons. The fourth-order valence-electron chi connectivity index (χ4n) is 2.94. The molecule has 6 nitrogen and oxygen atoms in total. The van der Waals surface area contributed by atoms with Crippen LogP contribution in [0.15, 0.2) is 18.2 Å². The zero-order chi connectivity index (χ0) is 14.5. The number of hydrogen-bond acceptors (Lipinski definition) is 3. The van der Waals surface area contributed by atoms with E-state index >= 15 is 0 Å². The molecule has 1 saturated heterocycles. The molecule has 1 aromatic carbocycles. The molecule has 1 aliphatic heterocycles. The number of benzene rings is 1. The number of anilines is 1. The summed E-state index contributed by atoms with van der Waals surface area (Å²) in [6.45, 7) is 3.27. The van der Waals surface area contributed by atoms with Crippen molar-refractivity contribution in [2.45, 2.75) is 18.4 Å². The van der Waals surface area contributed by atoms with Crippen molar-refractivity contribution in [3.8, 4) is 0 Å². The van der Waals surface area contributed by atoms with Crippen molar-refractivity contribution >= 4 is 23.5 Å². The summed E-state index contributed by atoms with van der Waals surface area (Å²) >= 11 is 0. The van der Waals surface area contributed by atoms with E-state index < -0.39 is 5.54 Å². The van der Waals surface area contributed by atoms with Crippen molar-refractivity contribution < 1.29 is 72.6 Å². The number of fused-ring (bicyclic) bond motifs is 1. The van der Waals surface area contributed by atoms with Gasteiger partial charge in [0, 0.05) is 25.6 Å². The predicted octanol–water partition coefficient (Wildman–Crippen LogP) is -2.52. The van der Waals surface area contributed by atoms with Gasteiger partial charge < -0.3 is 21.9 Å². The van der Waals surface area contributed by atoms with E-state index in [1.807, 2.05) is 12.1 Å². The number of urea groups is 1. The van der Waals surface area contributed by atoms with Gasteiger partial charge >= 0.3 is 64.2 Å². The van der Waals surface area contributed by atoms with Crippen molar-refractivity contribution in [3.63, 3.8) is 0 Å². The van der Waals surface area contributed by atoms with E-state index in [-0.39, 0.29) is 76.0 Å². The number of carbonyl (C=O) groups is 3. The number of nitrogens with one attached hydrogen (secondary N) is 2. The van der Waals surface area contributed by atoms with Crippen molar-refractivity contribution in [1.82, 2.24) is 10.2 Å². The van der Waals surface area contributed by atoms with E-state index in [2.05, 4.69) is 17.6 Å². The molecule has 0 aromatic heterocycles. The molecule has 1 aliphatic carbocycles. The Hall–Kier alpha value is -0.695. The summed E-state index contributed by atoms with van der Waals surface area (Å²) in [6.07, 6.45) is 0.951. The molecule has 2 aliphatic rings. The van der Waals surface area contributed by atoms with Gasteiger partial charge in [-0.15, -0.1) is 0 Å². The fraction of sp³-hybridized carbons (Fsp3) is 0.286. The molecule has 1 fully saturated rings. The van der Waals surface area contributed by atoms with E-state index in [0.717, 1.165) is 11.1 Å². The van der Waals surface area contributed by atoms with E-state index in [1.165, 1.54) is 4.90 Å². The van der Waals surface area contributed by atoms with Gasteiger partial charge in [0.1, 0.15) is 5.54 Å². The van der Waals surface area contributed by atoms with Gasteiger partial charge in [0.05, 0.1) is 5.91 Å². The Labute approximate surface area is 171 Å². The molecule has 2 N–H and O–H groups in total. The number of hydrogen-bond donors (Lipinski definition) is 2. The maximum Gasteiger partial charge on any atom is 1.00 e. The van der Waals surface area contributed by atoms with Crippen LogP contribution in [0, 0.1) is 6.92 Å². The average Bonchev–Trinajstić information content (AvgIpc) is 2.84. The summed E-state index contributed by atoms with van der Waals surface area (Å²) in [5.74, 6) is -0.646. The number of likely N-dealkylation sites (N-methyl/N-ethyl adjacent to an activating group) is 1. The monoisotopic (exact) mass is 357 g/mol. The maximum atomic E-state index is 12.1. The van der Waals surface area contributed by atoms with Crippen molar-refractivity contribution in [3.05, 3.63) is 36.2 Å². The van der Waals surface area contributed by atoms with Gasteiger partial charge in [-0.05, 0) is 23.3 Å². The minimum atomic E-state index is -0.827. The Balaban J connectivity index is 0.00000161. The third-order valence-electron chi connectivity index (χ3n) is 4.05. The first-order valence-corrected chi connectivity index (χ1v) is 6.26. The largest absolute Gasteiger partial charge is 1.00 e. The van der Waals surface area contributed by atoms with Crippen LogP contribution in [0.25, 0.3) is 0 Å². The maximum absolute atomic E-state index is 12.1. The van der Waals surface area contributed by atoms with Crippen LogP contribution in [0.4, 0.5) is 10.5 Å². The van der Waals surface area contributed by atoms with E-state index in [0.29, 0.717) is 18.5 Å². The summed E-state index contributed by atoms with van der Waals surface area (Å²) in [4.78, 5) is 36.2. The first-order valence-electron chi connectivity index (χ1n) is 6.26. The first kappa shape index (κ1) is 16.7. The Morgan fingerprint density at radius 1 is 1.33 bits per heavy atom. The van der Waals surface area contributed by atoms with Crippen LogP contribution in [0.5, 0.6) is 0 Å². The Bertz CT molecular complexity index is 646. The van der Waals surface area contributed by atoms with Gasteiger partial charge in [0.2, 0.25) is 0 Å². The number of imide groups is 1. The van der Waals surface area contributed by atoms with Gasteiger partial charge in [-0.25, -0.2) is 4.79 Å². The molecular formula is C14H14N3O3Rb. The number of rotatable bonds is 1. The van der Waals surface area contributed by atoms with Crippen LogP contribution in [-0.2, 0) is 22.4 Å². The van der Waals surface area contributed by atoms with Crippen LogP contribution < -0.4 is 68.8 Å². The zero-order valence-electron chi connectivity index (χ0n) is 12.0. The van der Waals surface area contributed by atoms with Crippen LogP contribution in [0.2, 0.25) is 0 Å². The van der Waals surface area contributed by atoms with Gasteiger partial charge in [-0.2, -0.15) is 0 Å². The quantitative estimate of drug-likeness (QED) is 0.430. The van der Waals surface area contributed by atoms with Crippen LogP contribution in [0.3, 0.4) is 0 Å². The van der Waals surface area contributed by atoms with Crippen LogP contribution in [-0.4, -0.2) is 35.3 Å². The van der Waals surface area contributed by atoms with Crippen molar-refractivity contribution in [2.75, 3.05) is 12.4 Å². The van der Waals surface area contributed by atoms with Gasteiger partial charge in [0.15, 0.2) is 0 Å². The fourth-order valence-corrected chi connectivity index (χ4v) is 2.94. The molecule has 1 atom stereocenters. The molecule has 1 spiro atoms. The minimum absolute atomic E-state index is 0. The second kappa shape index (κ2) is 5.83. The third kappa shape index (κ3) is 2.70. The number of nitrogens with zero attached hydrogens (tertiary/aromatic N) is 1. The van der Waals surface area contributed by atoms with Gasteiger partial charge in [-0.1, -0.05) is 6.07 Å². The number of carbonyl (C=O) groups excluding carboxylic acids is 3. The topological polar surface area (TPSA) is 78.5 Å². The number of amides is 4. The first-order chi connectivity index (χ1) is 9.42. The normalized spacial score (nSPS) is 22.8. The molecule has 3 rings (SSSR count). The SMILES string of the molecule is [CH2-]C(=O)Nc1ccc2c(c1)C[C@@]1(C2)C(=O)NC(=O)N1C.[Rb+]. The molecule has 0 unspecified atom stereocenters. The van der Waals surface area contributed by atoms with Crippen LogP contribution >= 0.6 is 0 Å². The van der Waals surface area contributed by atoms with Gasteiger partial charge in [0.25, 0.3) is 5.91 Å². The molecule has 21 heavy (non-hydrogen) atoms. The summed E-state index contributed by atoms with van der Waals surface area (Å²) in [5.41, 5.74) is 1.80. The summed E-state index contributed by atoms with van der Waals surface area (Å²) < 4.78 is 0. The Morgan fingerprint density at radius 2 is 2.00 bits per heavy atom. The second-order valence-corrected chi connectivity index (χ2v) is 5.24. The van der Waals surface area contributed by atoms with E-state index in [4.69, 9.17) is 0 Å². The zero-order valence-corrected chi connectivity index (χ0v) is 16.9. The van der Waals surface area contributed by atoms with Gasteiger partial charge in [-0.3, -0.25) is 10.1 Å². The molecule has 1 heterocycles. The summed E-state index contributed by atoms with van der Waals surface area (Å²) in [5, 5.41) is 4.96. The van der Waals surface area contributed by atoms with E-state index in [9.17, 15) is 14.4 Å². The van der Waals surface area contributed by atoms with E-state index in [1.54, 1.807) is 13.1 Å². The van der Waals surface area contributed by atoms with Crippen LogP contribution in [0.1, 0.15) is 11.1 Å². The summed E-state index contributed by atoms with van der Waals surface area (Å²) in [7, 11) is 1.63.